The van der Waals surface area contributed by atoms with Gasteiger partial charge in [-0.3, -0.25) is 14.5 Å². The number of carbonyl (C=O) groups excluding carboxylic acids is 2. The van der Waals surface area contributed by atoms with Crippen molar-refractivity contribution in [2.24, 2.45) is 0 Å². The average molecular weight is 490 g/mol. The molecule has 0 aliphatic heterocycles. The molecule has 1 saturated carbocycles. The number of aromatic nitrogens is 1. The van der Waals surface area contributed by atoms with Crippen LogP contribution in [0.5, 0.6) is 0 Å². The predicted octanol–water partition coefficient (Wildman–Crippen LogP) is 6.13. The molecule has 180 valence electrons. The molecule has 1 fully saturated rings. The molecule has 35 heavy (non-hydrogen) atoms. The Morgan fingerprint density at radius 3 is 2.57 bits per heavy atom. The maximum atomic E-state index is 15.1. The largest absolute Gasteiger partial charge is 0.361 e. The van der Waals surface area contributed by atoms with Crippen molar-refractivity contribution in [1.29, 1.82) is 0 Å². The molecule has 2 N–H and O–H groups in total. The van der Waals surface area contributed by atoms with Crippen molar-refractivity contribution < 1.29 is 14.0 Å². The Kier molecular flexibility index (Phi) is 6.95. The van der Waals surface area contributed by atoms with E-state index in [1.807, 2.05) is 48.0 Å². The number of rotatable bonds is 7. The first-order valence-corrected chi connectivity index (χ1v) is 12.9. The summed E-state index contributed by atoms with van der Waals surface area (Å²) in [5.74, 6) is -1.14. The summed E-state index contributed by atoms with van der Waals surface area (Å²) in [7, 11) is 0. The number of aromatic amines is 1. The maximum absolute atomic E-state index is 15.1. The summed E-state index contributed by atoms with van der Waals surface area (Å²) in [6, 6.07) is 16.7. The number of hydrogen-bond donors (Lipinski definition) is 2. The lowest BCUT2D eigenvalue weighted by molar-refractivity contribution is -0.127. The Morgan fingerprint density at radius 2 is 1.80 bits per heavy atom. The van der Waals surface area contributed by atoms with Crippen molar-refractivity contribution in [1.82, 2.24) is 10.3 Å². The van der Waals surface area contributed by atoms with Gasteiger partial charge in [0.25, 0.3) is 0 Å². The van der Waals surface area contributed by atoms with E-state index in [4.69, 9.17) is 0 Å². The van der Waals surface area contributed by atoms with Crippen molar-refractivity contribution in [3.05, 3.63) is 88.5 Å². The Hall–Kier alpha value is -3.45. The highest BCUT2D eigenvalue weighted by Crippen LogP contribution is 2.34. The van der Waals surface area contributed by atoms with E-state index >= 15 is 4.39 Å². The number of halogens is 1. The van der Waals surface area contributed by atoms with Gasteiger partial charge in [-0.2, -0.15) is 0 Å². The molecule has 7 heteroatoms. The van der Waals surface area contributed by atoms with Crippen LogP contribution in [0.3, 0.4) is 0 Å². The fourth-order valence-corrected chi connectivity index (χ4v) is 5.75. The van der Waals surface area contributed by atoms with Crippen LogP contribution in [0.15, 0.2) is 72.2 Å². The first kappa shape index (κ1) is 23.3. The van der Waals surface area contributed by atoms with Crippen molar-refractivity contribution >= 4 is 39.7 Å². The van der Waals surface area contributed by atoms with Crippen LogP contribution in [0.4, 0.5) is 10.1 Å². The Balaban J connectivity index is 1.53. The van der Waals surface area contributed by atoms with Gasteiger partial charge in [-0.25, -0.2) is 4.39 Å². The summed E-state index contributed by atoms with van der Waals surface area (Å²) in [4.78, 5) is 32.9. The van der Waals surface area contributed by atoms with Crippen LogP contribution in [-0.2, 0) is 16.0 Å². The molecule has 0 spiro atoms. The van der Waals surface area contributed by atoms with Gasteiger partial charge >= 0.3 is 0 Å². The summed E-state index contributed by atoms with van der Waals surface area (Å²) >= 11 is 1.39. The van der Waals surface area contributed by atoms with Gasteiger partial charge in [0.2, 0.25) is 11.8 Å². The van der Waals surface area contributed by atoms with Crippen LogP contribution in [0.1, 0.15) is 48.6 Å². The van der Waals surface area contributed by atoms with Gasteiger partial charge in [0, 0.05) is 28.0 Å². The molecule has 5 nitrogen and oxygen atoms in total. The van der Waals surface area contributed by atoms with Gasteiger partial charge in [0.05, 0.1) is 12.1 Å². The number of benzene rings is 2. The SMILES string of the molecule is O=C(NC1CCCCC1)[C@@H](c1cccs1)N(C(=O)Cc1c[nH]c2ccccc12)c1ccccc1F. The molecule has 0 unspecified atom stereocenters. The van der Waals surface area contributed by atoms with Crippen molar-refractivity contribution in [2.45, 2.75) is 50.6 Å². The van der Waals surface area contributed by atoms with Crippen LogP contribution in [0.2, 0.25) is 0 Å². The number of nitrogens with one attached hydrogen (secondary N) is 2. The highest BCUT2D eigenvalue weighted by atomic mass is 32.1. The molecule has 4 aromatic rings. The van der Waals surface area contributed by atoms with Gasteiger partial charge < -0.3 is 10.3 Å². The molecular formula is C28H28FN3O2S. The summed E-state index contributed by atoms with van der Waals surface area (Å²) in [5.41, 5.74) is 1.84. The summed E-state index contributed by atoms with van der Waals surface area (Å²) < 4.78 is 15.1. The number of fused-ring (bicyclic) bond motifs is 1. The van der Waals surface area contributed by atoms with Crippen LogP contribution in [-0.4, -0.2) is 22.8 Å². The predicted molar refractivity (Wildman–Crippen MR) is 138 cm³/mol. The minimum atomic E-state index is -0.952. The van der Waals surface area contributed by atoms with E-state index < -0.39 is 11.9 Å². The number of hydrogen-bond acceptors (Lipinski definition) is 3. The van der Waals surface area contributed by atoms with E-state index in [1.165, 1.54) is 28.7 Å². The van der Waals surface area contributed by atoms with Crippen LogP contribution in [0.25, 0.3) is 10.9 Å². The highest BCUT2D eigenvalue weighted by Gasteiger charge is 2.36. The second-order valence-corrected chi connectivity index (χ2v) is 9.99. The van der Waals surface area contributed by atoms with E-state index in [1.54, 1.807) is 18.2 Å². The summed E-state index contributed by atoms with van der Waals surface area (Å²) in [5, 5.41) is 5.98. The first-order valence-electron chi connectivity index (χ1n) is 12.1. The Morgan fingerprint density at radius 1 is 1.03 bits per heavy atom. The third-order valence-electron chi connectivity index (χ3n) is 6.67. The van der Waals surface area contributed by atoms with Gasteiger partial charge in [-0.1, -0.05) is 55.7 Å². The lowest BCUT2D eigenvalue weighted by Crippen LogP contribution is -2.47. The van der Waals surface area contributed by atoms with Gasteiger partial charge in [0.1, 0.15) is 11.9 Å². The van der Waals surface area contributed by atoms with Gasteiger partial charge in [0.15, 0.2) is 0 Å². The molecule has 2 aromatic carbocycles. The fraction of sp³-hybridized carbons (Fsp3) is 0.286. The number of amides is 2. The fourth-order valence-electron chi connectivity index (χ4n) is 4.94. The lowest BCUT2D eigenvalue weighted by atomic mass is 9.95. The number of anilines is 1. The average Bonchev–Trinajstić information content (AvgIpc) is 3.54. The monoisotopic (exact) mass is 489 g/mol. The third-order valence-corrected chi connectivity index (χ3v) is 7.59. The topological polar surface area (TPSA) is 65.2 Å². The van der Waals surface area contributed by atoms with E-state index in [0.717, 1.165) is 42.1 Å². The molecule has 0 radical (unpaired) electrons. The highest BCUT2D eigenvalue weighted by molar-refractivity contribution is 7.10. The molecule has 1 aliphatic rings. The second-order valence-electron chi connectivity index (χ2n) is 9.01. The number of thiophene rings is 1. The Bertz CT molecular complexity index is 1310. The number of H-pyrrole nitrogens is 1. The summed E-state index contributed by atoms with van der Waals surface area (Å²) in [6.45, 7) is 0. The quantitative estimate of drug-likeness (QED) is 0.328. The van der Waals surface area contributed by atoms with Gasteiger partial charge in [-0.05, 0) is 48.1 Å². The van der Waals surface area contributed by atoms with Crippen molar-refractivity contribution in [2.75, 3.05) is 4.90 Å². The third kappa shape index (κ3) is 5.00. The standard InChI is InChI=1S/C28H28FN3O2S/c29-22-12-5-7-14-24(22)32(26(33)17-19-18-30-23-13-6-4-11-21(19)23)27(25-15-8-16-35-25)28(34)31-20-9-2-1-3-10-20/h4-8,11-16,18,20,27,30H,1-3,9-10,17H2,(H,31,34)/t27-/m1/s1. The van der Waals surface area contributed by atoms with Crippen LogP contribution in [0, 0.1) is 5.82 Å². The number of nitrogens with zero attached hydrogens (tertiary/aromatic N) is 1. The number of carbonyl (C=O) groups is 2. The first-order chi connectivity index (χ1) is 17.1. The molecule has 2 heterocycles. The number of para-hydroxylation sites is 2. The zero-order chi connectivity index (χ0) is 24.2. The minimum absolute atomic E-state index is 0.0386. The zero-order valence-corrected chi connectivity index (χ0v) is 20.2. The minimum Gasteiger partial charge on any atom is -0.361 e. The van der Waals surface area contributed by atoms with Gasteiger partial charge in [-0.15, -0.1) is 11.3 Å². The summed E-state index contributed by atoms with van der Waals surface area (Å²) in [6.07, 6.45) is 7.01. The van der Waals surface area contributed by atoms with E-state index in [9.17, 15) is 9.59 Å². The maximum Gasteiger partial charge on any atom is 0.248 e. The van der Waals surface area contributed by atoms with Crippen LogP contribution < -0.4 is 10.2 Å². The van der Waals surface area contributed by atoms with E-state index in [2.05, 4.69) is 10.3 Å². The Labute approximate surface area is 208 Å². The molecule has 2 aromatic heterocycles. The molecule has 1 aliphatic carbocycles. The molecule has 0 saturated heterocycles. The molecule has 0 bridgehead atoms. The van der Waals surface area contributed by atoms with Crippen molar-refractivity contribution in [3.8, 4) is 0 Å². The molecule has 2 amide bonds. The molecular weight excluding hydrogens is 461 g/mol. The van der Waals surface area contributed by atoms with Crippen molar-refractivity contribution in [3.63, 3.8) is 0 Å². The second kappa shape index (κ2) is 10.4. The zero-order valence-electron chi connectivity index (χ0n) is 19.4. The lowest BCUT2D eigenvalue weighted by Gasteiger charge is -2.33. The molecule has 5 rings (SSSR count). The normalized spacial score (nSPS) is 15.1. The van der Waals surface area contributed by atoms with Crippen LogP contribution >= 0.6 is 11.3 Å². The van der Waals surface area contributed by atoms with E-state index in [0.29, 0.717) is 4.88 Å². The molecule has 1 atom stereocenters. The smallest absolute Gasteiger partial charge is 0.248 e. The van der Waals surface area contributed by atoms with E-state index in [-0.39, 0.29) is 30.0 Å².